The second kappa shape index (κ2) is 5.54. The van der Waals surface area contributed by atoms with Gasteiger partial charge in [0, 0.05) is 0 Å². The van der Waals surface area contributed by atoms with Crippen molar-refractivity contribution in [2.45, 2.75) is 46.1 Å². The molecule has 2 heteroatoms. The van der Waals surface area contributed by atoms with E-state index in [2.05, 4.69) is 32.9 Å². The zero-order valence-corrected chi connectivity index (χ0v) is 11.1. The van der Waals surface area contributed by atoms with Gasteiger partial charge in [-0.25, -0.2) is 0 Å². The molecule has 2 nitrogen and oxygen atoms in total. The third kappa shape index (κ3) is 2.81. The second-order valence-electron chi connectivity index (χ2n) is 4.51. The van der Waals surface area contributed by atoms with Crippen LogP contribution in [-0.4, -0.2) is 19.3 Å². The van der Waals surface area contributed by atoms with E-state index >= 15 is 0 Å². The summed E-state index contributed by atoms with van der Waals surface area (Å²) in [7, 11) is 0. The van der Waals surface area contributed by atoms with Gasteiger partial charge in [0.25, 0.3) is 0 Å². The third-order valence-corrected chi connectivity index (χ3v) is 3.40. The monoisotopic (exact) mass is 234 g/mol. The van der Waals surface area contributed by atoms with E-state index in [1.54, 1.807) is 0 Å². The van der Waals surface area contributed by atoms with E-state index in [1.807, 2.05) is 0 Å². The molecule has 1 aromatic rings. The predicted octanol–water partition coefficient (Wildman–Crippen LogP) is 3.15. The van der Waals surface area contributed by atoms with Crippen LogP contribution in [-0.2, 0) is 24.0 Å². The minimum atomic E-state index is 0.329. The van der Waals surface area contributed by atoms with Crippen molar-refractivity contribution in [1.29, 1.82) is 0 Å². The van der Waals surface area contributed by atoms with Crippen LogP contribution in [0.4, 0.5) is 0 Å². The number of rotatable bonds is 6. The van der Waals surface area contributed by atoms with Gasteiger partial charge in [-0.1, -0.05) is 26.8 Å². The lowest BCUT2D eigenvalue weighted by molar-refractivity contribution is 0.261. The van der Waals surface area contributed by atoms with Gasteiger partial charge < -0.3 is 9.47 Å². The second-order valence-corrected chi connectivity index (χ2v) is 4.51. The van der Waals surface area contributed by atoms with Gasteiger partial charge in [-0.3, -0.25) is 0 Å². The van der Waals surface area contributed by atoms with E-state index in [0.717, 1.165) is 31.6 Å². The highest BCUT2D eigenvalue weighted by Gasteiger charge is 2.23. The first kappa shape index (κ1) is 12.4. The van der Waals surface area contributed by atoms with Crippen molar-refractivity contribution >= 4 is 0 Å². The zero-order chi connectivity index (χ0) is 12.3. The molecule has 0 N–H and O–H groups in total. The molecule has 0 radical (unpaired) electrons. The Morgan fingerprint density at radius 1 is 1.12 bits per heavy atom. The highest BCUT2D eigenvalue weighted by atomic mass is 16.6. The summed E-state index contributed by atoms with van der Waals surface area (Å²) >= 11 is 0. The van der Waals surface area contributed by atoms with E-state index in [0.29, 0.717) is 12.7 Å². The minimum Gasteiger partial charge on any atom is -0.490 e. The van der Waals surface area contributed by atoms with Crippen LogP contribution in [0.2, 0.25) is 0 Å². The summed E-state index contributed by atoms with van der Waals surface area (Å²) < 4.78 is 11.0. The summed E-state index contributed by atoms with van der Waals surface area (Å²) in [5.74, 6) is 1.05. The summed E-state index contributed by atoms with van der Waals surface area (Å²) in [6.45, 7) is 8.19. The molecular formula is C15H22O2. The van der Waals surface area contributed by atoms with Crippen LogP contribution in [0.5, 0.6) is 5.75 Å². The summed E-state index contributed by atoms with van der Waals surface area (Å²) in [5.41, 5.74) is 4.32. The number of epoxide rings is 1. The SMILES string of the molecule is CCc1ccc(OCC2CO2)c(CC)c1CC. The molecule has 1 saturated heterocycles. The fraction of sp³-hybridized carbons (Fsp3) is 0.600. The first-order chi connectivity index (χ1) is 8.30. The van der Waals surface area contributed by atoms with Crippen molar-refractivity contribution in [3.05, 3.63) is 28.8 Å². The minimum absolute atomic E-state index is 0.329. The Labute approximate surface area is 104 Å². The van der Waals surface area contributed by atoms with Gasteiger partial charge in [-0.2, -0.15) is 0 Å². The number of hydrogen-bond donors (Lipinski definition) is 0. The lowest BCUT2D eigenvalue weighted by Crippen LogP contribution is -2.08. The van der Waals surface area contributed by atoms with Gasteiger partial charge in [-0.15, -0.1) is 0 Å². The third-order valence-electron chi connectivity index (χ3n) is 3.40. The topological polar surface area (TPSA) is 21.8 Å². The van der Waals surface area contributed by atoms with E-state index in [-0.39, 0.29) is 0 Å². The number of hydrogen-bond acceptors (Lipinski definition) is 2. The molecule has 1 heterocycles. The Morgan fingerprint density at radius 2 is 1.82 bits per heavy atom. The Morgan fingerprint density at radius 3 is 2.35 bits per heavy atom. The summed E-state index contributed by atoms with van der Waals surface area (Å²) in [4.78, 5) is 0. The molecule has 0 aromatic heterocycles. The van der Waals surface area contributed by atoms with E-state index in [1.165, 1.54) is 16.7 Å². The van der Waals surface area contributed by atoms with Crippen LogP contribution < -0.4 is 4.74 Å². The van der Waals surface area contributed by atoms with E-state index < -0.39 is 0 Å². The molecule has 17 heavy (non-hydrogen) atoms. The van der Waals surface area contributed by atoms with Crippen LogP contribution >= 0.6 is 0 Å². The molecule has 1 atom stereocenters. The fourth-order valence-electron chi connectivity index (χ4n) is 2.36. The van der Waals surface area contributed by atoms with Gasteiger partial charge in [0.2, 0.25) is 0 Å². The van der Waals surface area contributed by atoms with Crippen molar-refractivity contribution in [3.63, 3.8) is 0 Å². The lowest BCUT2D eigenvalue weighted by atomic mass is 9.95. The predicted molar refractivity (Wildman–Crippen MR) is 69.8 cm³/mol. The maximum atomic E-state index is 5.87. The fourth-order valence-corrected chi connectivity index (χ4v) is 2.36. The average Bonchev–Trinajstić information content (AvgIpc) is 3.18. The quantitative estimate of drug-likeness (QED) is 0.705. The van der Waals surface area contributed by atoms with Crippen molar-refractivity contribution < 1.29 is 9.47 Å². The van der Waals surface area contributed by atoms with Gasteiger partial charge in [0.05, 0.1) is 6.61 Å². The van der Waals surface area contributed by atoms with Crippen molar-refractivity contribution in [3.8, 4) is 5.75 Å². The van der Waals surface area contributed by atoms with Gasteiger partial charge >= 0.3 is 0 Å². The van der Waals surface area contributed by atoms with Gasteiger partial charge in [0.1, 0.15) is 18.5 Å². The van der Waals surface area contributed by atoms with Crippen LogP contribution in [0.1, 0.15) is 37.5 Å². The first-order valence-electron chi connectivity index (χ1n) is 6.68. The standard InChI is InChI=1S/C15H22O2/c1-4-11-7-8-15(17-10-12-9-16-12)14(6-3)13(11)5-2/h7-8,12H,4-6,9-10H2,1-3H3. The molecule has 0 amide bonds. The molecule has 94 valence electrons. The number of benzene rings is 1. The lowest BCUT2D eigenvalue weighted by Gasteiger charge is -2.16. The zero-order valence-electron chi connectivity index (χ0n) is 11.1. The van der Waals surface area contributed by atoms with Crippen LogP contribution in [0, 0.1) is 0 Å². The average molecular weight is 234 g/mol. The Hall–Kier alpha value is -1.02. The normalized spacial score (nSPS) is 18.2. The largest absolute Gasteiger partial charge is 0.490 e. The van der Waals surface area contributed by atoms with Crippen LogP contribution in [0.15, 0.2) is 12.1 Å². The first-order valence-corrected chi connectivity index (χ1v) is 6.68. The van der Waals surface area contributed by atoms with Crippen LogP contribution in [0.25, 0.3) is 0 Å². The molecule has 1 aromatic carbocycles. The highest BCUT2D eigenvalue weighted by Crippen LogP contribution is 2.28. The molecule has 1 aliphatic heterocycles. The number of aryl methyl sites for hydroxylation is 1. The molecule has 0 aliphatic carbocycles. The summed E-state index contributed by atoms with van der Waals surface area (Å²) in [5, 5.41) is 0. The smallest absolute Gasteiger partial charge is 0.122 e. The summed E-state index contributed by atoms with van der Waals surface area (Å²) in [6.07, 6.45) is 3.56. The molecule has 0 bridgehead atoms. The molecular weight excluding hydrogens is 212 g/mol. The van der Waals surface area contributed by atoms with Crippen molar-refractivity contribution in [1.82, 2.24) is 0 Å². The molecule has 1 fully saturated rings. The Balaban J connectivity index is 2.23. The van der Waals surface area contributed by atoms with Crippen molar-refractivity contribution in [2.75, 3.05) is 13.2 Å². The molecule has 1 aliphatic rings. The van der Waals surface area contributed by atoms with Gasteiger partial charge in [0.15, 0.2) is 0 Å². The van der Waals surface area contributed by atoms with Crippen molar-refractivity contribution in [2.24, 2.45) is 0 Å². The molecule has 2 rings (SSSR count). The van der Waals surface area contributed by atoms with E-state index in [9.17, 15) is 0 Å². The molecule has 0 spiro atoms. The Kier molecular flexibility index (Phi) is 4.06. The Bertz CT molecular complexity index is 381. The van der Waals surface area contributed by atoms with Crippen LogP contribution in [0.3, 0.4) is 0 Å². The maximum Gasteiger partial charge on any atom is 0.122 e. The molecule has 0 saturated carbocycles. The van der Waals surface area contributed by atoms with E-state index in [4.69, 9.17) is 9.47 Å². The maximum absolute atomic E-state index is 5.87. The van der Waals surface area contributed by atoms with Gasteiger partial charge in [-0.05, 0) is 42.0 Å². The highest BCUT2D eigenvalue weighted by molar-refractivity contribution is 5.45. The number of ether oxygens (including phenoxy) is 2. The summed E-state index contributed by atoms with van der Waals surface area (Å²) in [6, 6.07) is 4.33. The molecule has 1 unspecified atom stereocenters.